The van der Waals surface area contributed by atoms with Crippen molar-refractivity contribution in [3.05, 3.63) is 51.8 Å². The van der Waals surface area contributed by atoms with E-state index in [0.29, 0.717) is 28.5 Å². The molecule has 1 aromatic carbocycles. The van der Waals surface area contributed by atoms with Crippen LogP contribution < -0.4 is 0 Å². The first-order valence-corrected chi connectivity index (χ1v) is 9.77. The van der Waals surface area contributed by atoms with Gasteiger partial charge in [-0.3, -0.25) is 9.48 Å². The van der Waals surface area contributed by atoms with Gasteiger partial charge in [-0.15, -0.1) is 0 Å². The van der Waals surface area contributed by atoms with Gasteiger partial charge in [0.25, 0.3) is 5.91 Å². The minimum atomic E-state index is -0.541. The molecular formula is C21H28ClN3O3. The van der Waals surface area contributed by atoms with Crippen molar-refractivity contribution in [3.8, 4) is 0 Å². The number of esters is 1. The third kappa shape index (κ3) is 4.93. The molecule has 0 aliphatic rings. The Bertz CT molecular complexity index is 851. The third-order valence-electron chi connectivity index (χ3n) is 4.59. The first-order chi connectivity index (χ1) is 13.1. The molecule has 0 radical (unpaired) electrons. The standard InChI is InChI=1S/C21H28ClN3O3/c1-13(2)25(14(3)4)19(26)12-28-21(27)20-15(5)23-24(16(20)6)11-17-9-7-8-10-18(17)22/h7-10,13-14H,11-12H2,1-6H3. The molecule has 152 valence electrons. The zero-order chi connectivity index (χ0) is 21.0. The molecule has 0 N–H and O–H groups in total. The van der Waals surface area contributed by atoms with E-state index in [9.17, 15) is 9.59 Å². The molecule has 0 saturated carbocycles. The summed E-state index contributed by atoms with van der Waals surface area (Å²) in [5, 5.41) is 5.09. The van der Waals surface area contributed by atoms with Crippen LogP contribution in [0.5, 0.6) is 0 Å². The van der Waals surface area contributed by atoms with Gasteiger partial charge in [0.15, 0.2) is 6.61 Å². The molecule has 0 fully saturated rings. The van der Waals surface area contributed by atoms with E-state index in [4.69, 9.17) is 16.3 Å². The predicted octanol–water partition coefficient (Wildman–Crippen LogP) is 4.00. The van der Waals surface area contributed by atoms with Crippen LogP contribution in [0.4, 0.5) is 0 Å². The van der Waals surface area contributed by atoms with Crippen molar-refractivity contribution < 1.29 is 14.3 Å². The van der Waals surface area contributed by atoms with Gasteiger partial charge in [0.05, 0.1) is 17.9 Å². The molecule has 0 atom stereocenters. The monoisotopic (exact) mass is 405 g/mol. The highest BCUT2D eigenvalue weighted by Gasteiger charge is 2.24. The number of amides is 1. The second-order valence-electron chi connectivity index (χ2n) is 7.36. The van der Waals surface area contributed by atoms with E-state index >= 15 is 0 Å². The third-order valence-corrected chi connectivity index (χ3v) is 4.96. The SMILES string of the molecule is Cc1nn(Cc2ccccc2Cl)c(C)c1C(=O)OCC(=O)N(C(C)C)C(C)C. The molecule has 1 aromatic heterocycles. The van der Waals surface area contributed by atoms with Crippen LogP contribution in [-0.2, 0) is 16.1 Å². The van der Waals surface area contributed by atoms with E-state index in [1.165, 1.54) is 0 Å². The smallest absolute Gasteiger partial charge is 0.342 e. The summed E-state index contributed by atoms with van der Waals surface area (Å²) in [6.07, 6.45) is 0. The number of rotatable bonds is 7. The first kappa shape index (κ1) is 22.0. The first-order valence-electron chi connectivity index (χ1n) is 9.39. The van der Waals surface area contributed by atoms with E-state index in [2.05, 4.69) is 5.10 Å². The van der Waals surface area contributed by atoms with Gasteiger partial charge < -0.3 is 9.64 Å². The summed E-state index contributed by atoms with van der Waals surface area (Å²) in [5.41, 5.74) is 2.54. The normalized spacial score (nSPS) is 11.2. The van der Waals surface area contributed by atoms with E-state index in [1.807, 2.05) is 58.9 Å². The molecule has 0 bridgehead atoms. The van der Waals surface area contributed by atoms with Gasteiger partial charge in [0.1, 0.15) is 5.56 Å². The Balaban J connectivity index is 2.13. The van der Waals surface area contributed by atoms with Crippen LogP contribution in [0.2, 0.25) is 5.02 Å². The topological polar surface area (TPSA) is 64.4 Å². The van der Waals surface area contributed by atoms with Crippen LogP contribution in [0.15, 0.2) is 24.3 Å². The fourth-order valence-electron chi connectivity index (χ4n) is 3.38. The predicted molar refractivity (Wildman–Crippen MR) is 110 cm³/mol. The molecule has 1 amide bonds. The Morgan fingerprint density at radius 1 is 1.14 bits per heavy atom. The Hall–Kier alpha value is -2.34. The largest absolute Gasteiger partial charge is 0.452 e. The fraction of sp³-hybridized carbons (Fsp3) is 0.476. The van der Waals surface area contributed by atoms with E-state index < -0.39 is 5.97 Å². The van der Waals surface area contributed by atoms with Crippen molar-refractivity contribution in [2.45, 2.75) is 60.2 Å². The number of hydrogen-bond acceptors (Lipinski definition) is 4. The van der Waals surface area contributed by atoms with Crippen LogP contribution in [-0.4, -0.2) is 45.2 Å². The second kappa shape index (κ2) is 9.24. The summed E-state index contributed by atoms with van der Waals surface area (Å²) >= 11 is 6.23. The maximum absolute atomic E-state index is 12.6. The average molecular weight is 406 g/mol. The van der Waals surface area contributed by atoms with Crippen molar-refractivity contribution in [1.29, 1.82) is 0 Å². The molecule has 6 nitrogen and oxygen atoms in total. The van der Waals surface area contributed by atoms with Crippen molar-refractivity contribution in [2.75, 3.05) is 6.61 Å². The molecule has 0 unspecified atom stereocenters. The lowest BCUT2D eigenvalue weighted by Gasteiger charge is -2.30. The van der Waals surface area contributed by atoms with Gasteiger partial charge in [-0.2, -0.15) is 5.10 Å². The Morgan fingerprint density at radius 2 is 1.75 bits per heavy atom. The molecule has 0 spiro atoms. The summed E-state index contributed by atoms with van der Waals surface area (Å²) in [4.78, 5) is 26.7. The minimum absolute atomic E-state index is 0.0352. The summed E-state index contributed by atoms with van der Waals surface area (Å²) < 4.78 is 7.04. The molecule has 1 heterocycles. The Kier molecular flexibility index (Phi) is 7.24. The maximum Gasteiger partial charge on any atom is 0.342 e. The number of nitrogens with zero attached hydrogens (tertiary/aromatic N) is 3. The van der Waals surface area contributed by atoms with Gasteiger partial charge in [0.2, 0.25) is 0 Å². The van der Waals surface area contributed by atoms with Crippen LogP contribution in [0.1, 0.15) is 55.0 Å². The lowest BCUT2D eigenvalue weighted by Crippen LogP contribution is -2.44. The number of halogens is 1. The lowest BCUT2D eigenvalue weighted by molar-refractivity contribution is -0.138. The average Bonchev–Trinajstić information content (AvgIpc) is 2.88. The van der Waals surface area contributed by atoms with Crippen molar-refractivity contribution in [2.24, 2.45) is 0 Å². The zero-order valence-corrected chi connectivity index (χ0v) is 18.1. The molecule has 0 aliphatic heterocycles. The molecule has 28 heavy (non-hydrogen) atoms. The Labute approximate surface area is 171 Å². The zero-order valence-electron chi connectivity index (χ0n) is 17.3. The molecule has 2 rings (SSSR count). The van der Waals surface area contributed by atoms with E-state index in [1.54, 1.807) is 16.5 Å². The maximum atomic E-state index is 12.6. The fourth-order valence-corrected chi connectivity index (χ4v) is 3.58. The summed E-state index contributed by atoms with van der Waals surface area (Å²) in [7, 11) is 0. The molecule has 0 saturated heterocycles. The highest BCUT2D eigenvalue weighted by atomic mass is 35.5. The van der Waals surface area contributed by atoms with E-state index in [0.717, 1.165) is 5.56 Å². The summed E-state index contributed by atoms with van der Waals surface area (Å²) in [5.74, 6) is -0.752. The number of ether oxygens (including phenoxy) is 1. The number of hydrogen-bond donors (Lipinski definition) is 0. The number of carbonyl (C=O) groups is 2. The Morgan fingerprint density at radius 3 is 2.32 bits per heavy atom. The highest BCUT2D eigenvalue weighted by Crippen LogP contribution is 2.20. The summed E-state index contributed by atoms with van der Waals surface area (Å²) in [6, 6.07) is 7.58. The molecule has 0 aliphatic carbocycles. The van der Waals surface area contributed by atoms with Crippen LogP contribution in [0.3, 0.4) is 0 Å². The lowest BCUT2D eigenvalue weighted by atomic mass is 10.2. The van der Waals surface area contributed by atoms with Crippen LogP contribution in [0, 0.1) is 13.8 Å². The van der Waals surface area contributed by atoms with Crippen LogP contribution in [0.25, 0.3) is 0 Å². The van der Waals surface area contributed by atoms with Gasteiger partial charge in [-0.1, -0.05) is 29.8 Å². The van der Waals surface area contributed by atoms with Crippen molar-refractivity contribution in [3.63, 3.8) is 0 Å². The molecule has 2 aromatic rings. The van der Waals surface area contributed by atoms with Crippen LogP contribution >= 0.6 is 11.6 Å². The van der Waals surface area contributed by atoms with Gasteiger partial charge in [-0.05, 0) is 53.2 Å². The van der Waals surface area contributed by atoms with Crippen molar-refractivity contribution in [1.82, 2.24) is 14.7 Å². The number of aromatic nitrogens is 2. The summed E-state index contributed by atoms with van der Waals surface area (Å²) in [6.45, 7) is 11.5. The number of benzene rings is 1. The molecule has 7 heteroatoms. The van der Waals surface area contributed by atoms with Crippen molar-refractivity contribution >= 4 is 23.5 Å². The number of aryl methyl sites for hydroxylation is 1. The van der Waals surface area contributed by atoms with Gasteiger partial charge in [-0.25, -0.2) is 4.79 Å². The highest BCUT2D eigenvalue weighted by molar-refractivity contribution is 6.31. The van der Waals surface area contributed by atoms with Gasteiger partial charge in [0, 0.05) is 17.1 Å². The van der Waals surface area contributed by atoms with E-state index in [-0.39, 0.29) is 24.6 Å². The minimum Gasteiger partial charge on any atom is -0.452 e. The quantitative estimate of drug-likeness (QED) is 0.653. The number of carbonyl (C=O) groups excluding carboxylic acids is 2. The molecular weight excluding hydrogens is 378 g/mol. The van der Waals surface area contributed by atoms with Gasteiger partial charge >= 0.3 is 5.97 Å². The second-order valence-corrected chi connectivity index (χ2v) is 7.77.